The van der Waals surface area contributed by atoms with E-state index in [1.165, 1.54) is 6.42 Å². The molecule has 0 aromatic heterocycles. The molecule has 0 saturated heterocycles. The molecule has 0 radical (unpaired) electrons. The van der Waals surface area contributed by atoms with Gasteiger partial charge in [0.15, 0.2) is 0 Å². The molecule has 0 heterocycles. The monoisotopic (exact) mass is 138 g/mol. The molecule has 0 aliphatic carbocycles. The van der Waals surface area contributed by atoms with E-state index in [1.807, 2.05) is 12.2 Å². The molecule has 0 saturated carbocycles. The van der Waals surface area contributed by atoms with Crippen LogP contribution in [0.1, 0.15) is 27.2 Å². The molecule has 0 nitrogen and oxygen atoms in total. The van der Waals surface area contributed by atoms with Gasteiger partial charge in [0.05, 0.1) is 0 Å². The normalized spacial score (nSPS) is 17.1. The molecule has 2 atom stereocenters. The SMILES string of the molecule is C=C/C=C\[C@H](C)[C@@H](C)CC. The summed E-state index contributed by atoms with van der Waals surface area (Å²) in [7, 11) is 0. The predicted octanol–water partition coefficient (Wildman–Crippen LogP) is 3.41. The molecule has 0 heteroatoms. The summed E-state index contributed by atoms with van der Waals surface area (Å²) in [6.45, 7) is 10.4. The summed E-state index contributed by atoms with van der Waals surface area (Å²) < 4.78 is 0. The first kappa shape index (κ1) is 9.48. The largest absolute Gasteiger partial charge is 0.0991 e. The van der Waals surface area contributed by atoms with E-state index in [9.17, 15) is 0 Å². The van der Waals surface area contributed by atoms with Gasteiger partial charge >= 0.3 is 0 Å². The minimum absolute atomic E-state index is 0.683. The van der Waals surface area contributed by atoms with Gasteiger partial charge in [-0.25, -0.2) is 0 Å². The van der Waals surface area contributed by atoms with Crippen molar-refractivity contribution in [3.05, 3.63) is 24.8 Å². The Morgan fingerprint density at radius 2 is 2.00 bits per heavy atom. The second-order valence-electron chi connectivity index (χ2n) is 2.87. The summed E-state index contributed by atoms with van der Waals surface area (Å²) in [6, 6.07) is 0. The molecule has 0 fully saturated rings. The van der Waals surface area contributed by atoms with Crippen molar-refractivity contribution in [2.24, 2.45) is 11.8 Å². The zero-order valence-corrected chi connectivity index (χ0v) is 7.30. The van der Waals surface area contributed by atoms with Gasteiger partial charge in [-0.3, -0.25) is 0 Å². The first-order valence-electron chi connectivity index (χ1n) is 4.01. The van der Waals surface area contributed by atoms with Crippen molar-refractivity contribution in [3.8, 4) is 0 Å². The quantitative estimate of drug-likeness (QED) is 0.522. The number of rotatable bonds is 4. The maximum Gasteiger partial charge on any atom is -0.0233 e. The minimum atomic E-state index is 0.683. The number of allylic oxidation sites excluding steroid dienone is 3. The summed E-state index contributed by atoms with van der Waals surface area (Å²) in [5.74, 6) is 1.47. The number of hydrogen-bond acceptors (Lipinski definition) is 0. The highest BCUT2D eigenvalue weighted by molar-refractivity contribution is 4.99. The highest BCUT2D eigenvalue weighted by Gasteiger charge is 2.04. The fraction of sp³-hybridized carbons (Fsp3) is 0.600. The predicted molar refractivity (Wildman–Crippen MR) is 48.0 cm³/mol. The van der Waals surface area contributed by atoms with Crippen LogP contribution in [-0.2, 0) is 0 Å². The molecule has 0 aromatic carbocycles. The average Bonchev–Trinajstić information content (AvgIpc) is 1.98. The lowest BCUT2D eigenvalue weighted by Crippen LogP contribution is -2.02. The van der Waals surface area contributed by atoms with Crippen LogP contribution in [0.3, 0.4) is 0 Å². The van der Waals surface area contributed by atoms with Gasteiger partial charge in [0.2, 0.25) is 0 Å². The van der Waals surface area contributed by atoms with E-state index >= 15 is 0 Å². The summed E-state index contributed by atoms with van der Waals surface area (Å²) in [5.41, 5.74) is 0. The van der Waals surface area contributed by atoms with E-state index in [-0.39, 0.29) is 0 Å². The van der Waals surface area contributed by atoms with E-state index < -0.39 is 0 Å². The second-order valence-corrected chi connectivity index (χ2v) is 2.87. The summed E-state index contributed by atoms with van der Waals surface area (Å²) in [5, 5.41) is 0. The summed E-state index contributed by atoms with van der Waals surface area (Å²) in [4.78, 5) is 0. The van der Waals surface area contributed by atoms with Crippen molar-refractivity contribution in [2.75, 3.05) is 0 Å². The van der Waals surface area contributed by atoms with Crippen LogP contribution < -0.4 is 0 Å². The molecule has 10 heavy (non-hydrogen) atoms. The van der Waals surface area contributed by atoms with E-state index in [2.05, 4.69) is 33.4 Å². The molecule has 0 bridgehead atoms. The van der Waals surface area contributed by atoms with Gasteiger partial charge in [0.1, 0.15) is 0 Å². The van der Waals surface area contributed by atoms with Crippen LogP contribution in [0.4, 0.5) is 0 Å². The van der Waals surface area contributed by atoms with E-state index in [0.29, 0.717) is 5.92 Å². The van der Waals surface area contributed by atoms with Crippen LogP contribution in [0.25, 0.3) is 0 Å². The van der Waals surface area contributed by atoms with Crippen molar-refractivity contribution in [2.45, 2.75) is 27.2 Å². The van der Waals surface area contributed by atoms with Crippen molar-refractivity contribution >= 4 is 0 Å². The van der Waals surface area contributed by atoms with Crippen molar-refractivity contribution < 1.29 is 0 Å². The van der Waals surface area contributed by atoms with Gasteiger partial charge in [-0.05, 0) is 11.8 Å². The fourth-order valence-electron chi connectivity index (χ4n) is 0.815. The lowest BCUT2D eigenvalue weighted by atomic mass is 9.93. The lowest BCUT2D eigenvalue weighted by Gasteiger charge is -2.12. The van der Waals surface area contributed by atoms with Crippen LogP contribution in [0.15, 0.2) is 24.8 Å². The van der Waals surface area contributed by atoms with Crippen LogP contribution in [-0.4, -0.2) is 0 Å². The molecule has 0 N–H and O–H groups in total. The Labute approximate surface area is 64.6 Å². The fourth-order valence-corrected chi connectivity index (χ4v) is 0.815. The van der Waals surface area contributed by atoms with Crippen LogP contribution in [0.2, 0.25) is 0 Å². The van der Waals surface area contributed by atoms with Gasteiger partial charge in [0.25, 0.3) is 0 Å². The van der Waals surface area contributed by atoms with Crippen molar-refractivity contribution in [1.29, 1.82) is 0 Å². The molecule has 0 unspecified atom stereocenters. The van der Waals surface area contributed by atoms with Crippen LogP contribution in [0, 0.1) is 11.8 Å². The third-order valence-electron chi connectivity index (χ3n) is 2.09. The van der Waals surface area contributed by atoms with E-state index in [1.54, 1.807) is 0 Å². The molecule has 0 spiro atoms. The Balaban J connectivity index is 3.70. The molecule has 58 valence electrons. The molecule has 0 rings (SSSR count). The van der Waals surface area contributed by atoms with Gasteiger partial charge in [-0.15, -0.1) is 0 Å². The Morgan fingerprint density at radius 1 is 1.40 bits per heavy atom. The zero-order chi connectivity index (χ0) is 7.98. The third-order valence-corrected chi connectivity index (χ3v) is 2.09. The highest BCUT2D eigenvalue weighted by atomic mass is 14.1. The van der Waals surface area contributed by atoms with Crippen LogP contribution in [0.5, 0.6) is 0 Å². The topological polar surface area (TPSA) is 0 Å². The van der Waals surface area contributed by atoms with Crippen molar-refractivity contribution in [1.82, 2.24) is 0 Å². The molecule has 0 aliphatic heterocycles. The Hall–Kier alpha value is -0.520. The van der Waals surface area contributed by atoms with E-state index in [4.69, 9.17) is 0 Å². The molecular weight excluding hydrogens is 120 g/mol. The molecule has 0 aliphatic rings. The Bertz CT molecular complexity index is 111. The highest BCUT2D eigenvalue weighted by Crippen LogP contribution is 2.15. The van der Waals surface area contributed by atoms with Crippen LogP contribution >= 0.6 is 0 Å². The van der Waals surface area contributed by atoms with Crippen molar-refractivity contribution in [3.63, 3.8) is 0 Å². The summed E-state index contributed by atoms with van der Waals surface area (Å²) in [6.07, 6.45) is 7.32. The standard InChI is InChI=1S/C10H18/c1-5-7-8-10(4)9(3)6-2/h5,7-10H,1,6H2,2-4H3/b8-7-/t9-,10-/m0/s1. The first-order valence-corrected chi connectivity index (χ1v) is 4.01. The second kappa shape index (κ2) is 5.28. The summed E-state index contributed by atoms with van der Waals surface area (Å²) >= 11 is 0. The number of hydrogen-bond donors (Lipinski definition) is 0. The van der Waals surface area contributed by atoms with Gasteiger partial charge in [0, 0.05) is 0 Å². The minimum Gasteiger partial charge on any atom is -0.0991 e. The Kier molecular flexibility index (Phi) is 5.00. The third kappa shape index (κ3) is 3.49. The molecule has 0 aromatic rings. The smallest absolute Gasteiger partial charge is 0.0233 e. The zero-order valence-electron chi connectivity index (χ0n) is 7.30. The van der Waals surface area contributed by atoms with E-state index in [0.717, 1.165) is 5.92 Å². The maximum absolute atomic E-state index is 3.63. The lowest BCUT2D eigenvalue weighted by molar-refractivity contribution is 0.446. The van der Waals surface area contributed by atoms with Gasteiger partial charge in [-0.2, -0.15) is 0 Å². The van der Waals surface area contributed by atoms with Gasteiger partial charge < -0.3 is 0 Å². The van der Waals surface area contributed by atoms with Gasteiger partial charge in [-0.1, -0.05) is 52.0 Å². The first-order chi connectivity index (χ1) is 4.72. The molecular formula is C10H18. The average molecular weight is 138 g/mol. The Morgan fingerprint density at radius 3 is 2.40 bits per heavy atom. The maximum atomic E-state index is 3.63. The molecule has 0 amide bonds.